The Morgan fingerprint density at radius 1 is 0.771 bits per heavy atom. The molecule has 13 heteroatoms. The summed E-state index contributed by atoms with van der Waals surface area (Å²) in [6, 6.07) is 1.72. The van der Waals surface area contributed by atoms with Crippen LogP contribution in [0.4, 0.5) is 0 Å². The van der Waals surface area contributed by atoms with Crippen LogP contribution in [0.25, 0.3) is 0 Å². The van der Waals surface area contributed by atoms with Crippen molar-refractivity contribution in [2.75, 3.05) is 26.2 Å². The third-order valence-corrected chi connectivity index (χ3v) is 18.1. The topological polar surface area (TPSA) is 134 Å². The van der Waals surface area contributed by atoms with Crippen LogP contribution in [0.2, 0.25) is 51.4 Å². The molecule has 0 aliphatic carbocycles. The molecule has 0 radical (unpaired) electrons. The van der Waals surface area contributed by atoms with Crippen LogP contribution in [0.5, 0.6) is 0 Å². The molecule has 10 nitrogen and oxygen atoms in total. The number of hydrogen-bond acceptors (Lipinski definition) is 6. The molecule has 2 atom stereocenters. The highest BCUT2D eigenvalue weighted by Gasteiger charge is 2.40. The highest BCUT2D eigenvalue weighted by molar-refractivity contribution is 6.87. The predicted octanol–water partition coefficient (Wildman–Crippen LogP) is 2.78. The van der Waals surface area contributed by atoms with E-state index < -0.39 is 49.0 Å². The van der Waals surface area contributed by atoms with Gasteiger partial charge in [0, 0.05) is 39.0 Å². The number of amides is 2. The van der Waals surface area contributed by atoms with Crippen molar-refractivity contribution in [1.82, 2.24) is 9.80 Å². The fourth-order valence-electron chi connectivity index (χ4n) is 5.15. The van der Waals surface area contributed by atoms with Crippen molar-refractivity contribution in [2.45, 2.75) is 77.1 Å². The summed E-state index contributed by atoms with van der Waals surface area (Å²) in [5.74, 6) is -3.19. The summed E-state index contributed by atoms with van der Waals surface area (Å²) in [6.07, 6.45) is 1.74. The van der Waals surface area contributed by atoms with Gasteiger partial charge >= 0.3 is 20.5 Å². The standard InChI is InChI=1S/C22H42N2O8Si3/c1-33(2,11-7-9-23-15-17(21(27)28)13-19(23)25)31-35(5,6)32-34(3,4)12-8-10-24-16-18(22(29)30)14-20(24)26/h17-18H,7-16H2,1-6H3,(H,27,28)(H,29,30). The molecule has 2 heterocycles. The summed E-state index contributed by atoms with van der Waals surface area (Å²) in [4.78, 5) is 49.7. The van der Waals surface area contributed by atoms with E-state index in [1.165, 1.54) is 0 Å². The minimum Gasteiger partial charge on any atom is -0.481 e. The van der Waals surface area contributed by atoms with Crippen molar-refractivity contribution < 1.29 is 37.6 Å². The number of rotatable bonds is 14. The maximum atomic E-state index is 12.1. The van der Waals surface area contributed by atoms with E-state index in [0.29, 0.717) is 26.2 Å². The zero-order valence-corrected chi connectivity index (χ0v) is 25.0. The zero-order chi connectivity index (χ0) is 26.6. The molecule has 0 aromatic carbocycles. The number of nitrogens with zero attached hydrogens (tertiary/aromatic N) is 2. The summed E-state index contributed by atoms with van der Waals surface area (Å²) < 4.78 is 13.2. The first kappa shape index (κ1) is 29.7. The Kier molecular flexibility index (Phi) is 9.89. The molecule has 2 N–H and O–H groups in total. The van der Waals surface area contributed by atoms with E-state index >= 15 is 0 Å². The number of hydrogen-bond donors (Lipinski definition) is 2. The smallest absolute Gasteiger partial charge is 0.311 e. The number of carbonyl (C=O) groups is 4. The molecule has 35 heavy (non-hydrogen) atoms. The van der Waals surface area contributed by atoms with Crippen LogP contribution in [-0.4, -0.2) is 95.1 Å². The lowest BCUT2D eigenvalue weighted by atomic mass is 10.1. The maximum absolute atomic E-state index is 12.1. The van der Waals surface area contributed by atoms with Gasteiger partial charge in [-0.3, -0.25) is 19.2 Å². The third kappa shape index (κ3) is 9.44. The van der Waals surface area contributed by atoms with E-state index in [9.17, 15) is 19.2 Å². The van der Waals surface area contributed by atoms with Crippen molar-refractivity contribution in [3.8, 4) is 0 Å². The number of likely N-dealkylation sites (tertiary alicyclic amines) is 2. The van der Waals surface area contributed by atoms with E-state index in [4.69, 9.17) is 18.4 Å². The molecule has 0 aromatic rings. The van der Waals surface area contributed by atoms with Crippen LogP contribution in [0.1, 0.15) is 25.7 Å². The SMILES string of the molecule is C[Si](C)(CCCN1CC(C(=O)O)CC1=O)O[Si](C)(C)O[Si](C)(C)CCCN1CC(C(=O)O)CC1=O. The second-order valence-electron chi connectivity index (χ2n) is 11.5. The molecule has 0 saturated carbocycles. The average molecular weight is 547 g/mol. The minimum absolute atomic E-state index is 0.0855. The summed E-state index contributed by atoms with van der Waals surface area (Å²) in [5.41, 5.74) is 0. The molecular formula is C22H42N2O8Si3. The molecule has 2 fully saturated rings. The molecule has 0 aromatic heterocycles. The fourth-order valence-corrected chi connectivity index (χ4v) is 19.2. The van der Waals surface area contributed by atoms with Crippen LogP contribution in [0.15, 0.2) is 0 Å². The van der Waals surface area contributed by atoms with Crippen molar-refractivity contribution in [1.29, 1.82) is 0 Å². The van der Waals surface area contributed by atoms with Gasteiger partial charge in [0.2, 0.25) is 11.8 Å². The summed E-state index contributed by atoms with van der Waals surface area (Å²) in [5, 5.41) is 18.3. The van der Waals surface area contributed by atoms with Crippen LogP contribution in [-0.2, 0) is 27.4 Å². The van der Waals surface area contributed by atoms with Gasteiger partial charge in [-0.15, -0.1) is 0 Å². The van der Waals surface area contributed by atoms with Crippen molar-refractivity contribution in [3.63, 3.8) is 0 Å². The molecule has 2 saturated heterocycles. The lowest BCUT2D eigenvalue weighted by Gasteiger charge is -2.39. The molecule has 0 bridgehead atoms. The Morgan fingerprint density at radius 3 is 1.40 bits per heavy atom. The first-order valence-corrected chi connectivity index (χ1v) is 21.5. The van der Waals surface area contributed by atoms with Gasteiger partial charge < -0.3 is 28.2 Å². The molecule has 2 amide bonds. The van der Waals surface area contributed by atoms with Crippen LogP contribution >= 0.6 is 0 Å². The third-order valence-electron chi connectivity index (χ3n) is 6.59. The summed E-state index contributed by atoms with van der Waals surface area (Å²) >= 11 is 0. The molecule has 0 spiro atoms. The minimum atomic E-state index is -2.41. The molecule has 2 rings (SSSR count). The Labute approximate surface area is 211 Å². The van der Waals surface area contributed by atoms with Crippen LogP contribution in [0.3, 0.4) is 0 Å². The Bertz CT molecular complexity index is 757. The second kappa shape index (κ2) is 11.7. The van der Waals surface area contributed by atoms with E-state index in [1.54, 1.807) is 9.80 Å². The number of carbonyl (C=O) groups excluding carboxylic acids is 2. The van der Waals surface area contributed by atoms with Crippen molar-refractivity contribution in [3.05, 3.63) is 0 Å². The summed E-state index contributed by atoms with van der Waals surface area (Å²) in [6.45, 7) is 14.5. The monoisotopic (exact) mass is 546 g/mol. The highest BCUT2D eigenvalue weighted by Crippen LogP contribution is 2.27. The van der Waals surface area contributed by atoms with Crippen LogP contribution < -0.4 is 0 Å². The quantitative estimate of drug-likeness (QED) is 0.318. The normalized spacial score (nSPS) is 21.8. The zero-order valence-electron chi connectivity index (χ0n) is 22.0. The van der Waals surface area contributed by atoms with E-state index in [2.05, 4.69) is 39.3 Å². The molecular weight excluding hydrogens is 505 g/mol. The van der Waals surface area contributed by atoms with Crippen molar-refractivity contribution >= 4 is 48.9 Å². The second-order valence-corrected chi connectivity index (χ2v) is 24.0. The predicted molar refractivity (Wildman–Crippen MR) is 138 cm³/mol. The van der Waals surface area contributed by atoms with Gasteiger partial charge in [0.05, 0.1) is 11.8 Å². The van der Waals surface area contributed by atoms with Gasteiger partial charge in [0.15, 0.2) is 16.6 Å². The van der Waals surface area contributed by atoms with Gasteiger partial charge in [-0.05, 0) is 64.2 Å². The summed E-state index contributed by atoms with van der Waals surface area (Å²) in [7, 11) is -6.52. The van der Waals surface area contributed by atoms with Gasteiger partial charge in [-0.2, -0.15) is 0 Å². The lowest BCUT2D eigenvalue weighted by molar-refractivity contribution is -0.142. The van der Waals surface area contributed by atoms with E-state index in [-0.39, 0.29) is 24.7 Å². The molecule has 2 aliphatic rings. The number of aliphatic carboxylic acids is 2. The molecule has 200 valence electrons. The first-order chi connectivity index (χ1) is 16.0. The maximum Gasteiger partial charge on any atom is 0.311 e. The Hall–Kier alpha value is -1.55. The van der Waals surface area contributed by atoms with E-state index in [0.717, 1.165) is 24.9 Å². The fraction of sp³-hybridized carbons (Fsp3) is 0.818. The van der Waals surface area contributed by atoms with E-state index in [1.807, 2.05) is 0 Å². The highest BCUT2D eigenvalue weighted by atomic mass is 28.5. The lowest BCUT2D eigenvalue weighted by Crippen LogP contribution is -2.52. The van der Waals surface area contributed by atoms with Gasteiger partial charge in [0.1, 0.15) is 0 Å². The number of carboxylic acids is 2. The first-order valence-electron chi connectivity index (χ1n) is 12.4. The average Bonchev–Trinajstić information content (AvgIpc) is 3.23. The molecule has 2 aliphatic heterocycles. The van der Waals surface area contributed by atoms with Crippen LogP contribution in [0, 0.1) is 11.8 Å². The Morgan fingerprint density at radius 2 is 1.11 bits per heavy atom. The van der Waals surface area contributed by atoms with Gasteiger partial charge in [-0.1, -0.05) is 0 Å². The van der Waals surface area contributed by atoms with Gasteiger partial charge in [-0.25, -0.2) is 0 Å². The Balaban J connectivity index is 1.76. The molecule has 2 unspecified atom stereocenters. The van der Waals surface area contributed by atoms with Crippen molar-refractivity contribution in [2.24, 2.45) is 11.8 Å². The number of carboxylic acid groups (broad SMARTS) is 2. The largest absolute Gasteiger partial charge is 0.481 e. The van der Waals surface area contributed by atoms with Gasteiger partial charge in [0.25, 0.3) is 0 Å².